The van der Waals surface area contributed by atoms with Crippen LogP contribution in [0.25, 0.3) is 0 Å². The summed E-state index contributed by atoms with van der Waals surface area (Å²) in [6, 6.07) is -1.41. The lowest BCUT2D eigenvalue weighted by molar-refractivity contribution is -0.194. The van der Waals surface area contributed by atoms with Crippen molar-refractivity contribution in [3.8, 4) is 6.07 Å². The van der Waals surface area contributed by atoms with E-state index in [1.54, 1.807) is 20.8 Å². The van der Waals surface area contributed by atoms with E-state index >= 15 is 0 Å². The highest BCUT2D eigenvalue weighted by atomic mass is 19.4. The third-order valence-corrected chi connectivity index (χ3v) is 9.63. The summed E-state index contributed by atoms with van der Waals surface area (Å²) in [7, 11) is 0. The van der Waals surface area contributed by atoms with Crippen molar-refractivity contribution < 1.29 is 37.1 Å². The van der Waals surface area contributed by atoms with Gasteiger partial charge in [0.25, 0.3) is 0 Å². The molecule has 0 aromatic heterocycles. The van der Waals surface area contributed by atoms with Gasteiger partial charge in [0, 0.05) is 18.0 Å². The predicted octanol–water partition coefficient (Wildman–Crippen LogP) is 2.81. The molecular weight excluding hydrogens is 567 g/mol. The van der Waals surface area contributed by atoms with E-state index < -0.39 is 70.6 Å². The molecule has 0 aromatic carbocycles. The van der Waals surface area contributed by atoms with Gasteiger partial charge in [-0.05, 0) is 84.5 Å². The molecule has 2 saturated heterocycles. The number of amides is 4. The third kappa shape index (κ3) is 6.35. The van der Waals surface area contributed by atoms with Crippen LogP contribution in [0.1, 0.15) is 81.1 Å². The van der Waals surface area contributed by atoms with E-state index in [9.17, 15) is 37.6 Å². The first-order chi connectivity index (χ1) is 19.5. The van der Waals surface area contributed by atoms with Crippen molar-refractivity contribution in [3.63, 3.8) is 0 Å². The van der Waals surface area contributed by atoms with Gasteiger partial charge < -0.3 is 25.6 Å². The Labute approximate surface area is 250 Å². The average Bonchev–Trinajstić information content (AvgIpc) is 3.66. The van der Waals surface area contributed by atoms with Crippen LogP contribution in [0.3, 0.4) is 0 Å². The topological polar surface area (TPSA) is 141 Å². The smallest absolute Gasteiger partial charge is 0.370 e. The van der Waals surface area contributed by atoms with Crippen LogP contribution in [-0.2, 0) is 23.9 Å². The minimum Gasteiger partial charge on any atom is -0.370 e. The summed E-state index contributed by atoms with van der Waals surface area (Å²) in [5, 5.41) is 17.8. The van der Waals surface area contributed by atoms with Gasteiger partial charge in [0.05, 0.1) is 17.8 Å². The minimum atomic E-state index is -4.77. The molecule has 0 bridgehead atoms. The fourth-order valence-corrected chi connectivity index (χ4v) is 7.11. The molecule has 4 aliphatic rings. The Balaban J connectivity index is 1.56. The molecule has 43 heavy (non-hydrogen) atoms. The van der Waals surface area contributed by atoms with E-state index in [0.29, 0.717) is 6.42 Å². The first-order valence-corrected chi connectivity index (χ1v) is 14.9. The largest absolute Gasteiger partial charge is 0.403 e. The van der Waals surface area contributed by atoms with Crippen LogP contribution >= 0.6 is 0 Å². The van der Waals surface area contributed by atoms with Crippen LogP contribution < -0.4 is 16.0 Å². The lowest BCUT2D eigenvalue weighted by atomic mass is 9.91. The molecule has 2 saturated carbocycles. The summed E-state index contributed by atoms with van der Waals surface area (Å²) >= 11 is 0. The number of rotatable bonds is 9. The number of alkyl halides is 3. The first kappa shape index (κ1) is 33.0. The maximum absolute atomic E-state index is 14.1. The fraction of sp³-hybridized carbons (Fsp3) is 0.833. The van der Waals surface area contributed by atoms with E-state index in [1.807, 2.05) is 27.7 Å². The quantitative estimate of drug-likeness (QED) is 0.366. The third-order valence-electron chi connectivity index (χ3n) is 9.63. The number of halogens is 3. The van der Waals surface area contributed by atoms with E-state index in [4.69, 9.17) is 4.74 Å². The number of hydrogen-bond acceptors (Lipinski definition) is 6. The molecule has 0 radical (unpaired) electrons. The number of nitrogens with one attached hydrogen (secondary N) is 3. The first-order valence-electron chi connectivity index (χ1n) is 14.9. The Hall–Kier alpha value is -2.88. The molecule has 240 valence electrons. The van der Waals surface area contributed by atoms with E-state index in [2.05, 4.69) is 22.0 Å². The number of likely N-dealkylation sites (tertiary alicyclic amines) is 1. The van der Waals surface area contributed by atoms with Crippen LogP contribution in [0.5, 0.6) is 0 Å². The molecule has 2 heterocycles. The zero-order chi connectivity index (χ0) is 32.5. The lowest BCUT2D eigenvalue weighted by Gasteiger charge is -2.37. The zero-order valence-corrected chi connectivity index (χ0v) is 26.1. The Morgan fingerprint density at radius 1 is 1.14 bits per heavy atom. The molecule has 0 unspecified atom stereocenters. The molecule has 4 rings (SSSR count). The predicted molar refractivity (Wildman–Crippen MR) is 149 cm³/mol. The molecule has 10 nitrogen and oxygen atoms in total. The van der Waals surface area contributed by atoms with E-state index in [0.717, 1.165) is 0 Å². The van der Waals surface area contributed by atoms with Crippen molar-refractivity contribution in [1.29, 1.82) is 5.26 Å². The van der Waals surface area contributed by atoms with Crippen molar-refractivity contribution in [1.82, 2.24) is 20.9 Å². The number of hydrogen-bond donors (Lipinski definition) is 3. The molecule has 13 heteroatoms. The molecule has 4 fully saturated rings. The van der Waals surface area contributed by atoms with Crippen LogP contribution in [0.4, 0.5) is 13.2 Å². The second-order valence-electron chi connectivity index (χ2n) is 15.1. The lowest BCUT2D eigenvalue weighted by Crippen LogP contribution is -2.61. The number of piperidine rings is 1. The molecule has 0 spiro atoms. The molecule has 0 aromatic rings. The Morgan fingerprint density at radius 2 is 1.74 bits per heavy atom. The number of carbonyl (C=O) groups excluding carboxylic acids is 4. The number of nitrogens with zero attached hydrogens (tertiary/aromatic N) is 2. The van der Waals surface area contributed by atoms with E-state index in [-0.39, 0.29) is 49.0 Å². The second kappa shape index (κ2) is 10.6. The van der Waals surface area contributed by atoms with Crippen molar-refractivity contribution in [3.05, 3.63) is 0 Å². The van der Waals surface area contributed by atoms with Crippen LogP contribution in [0, 0.1) is 39.9 Å². The number of ether oxygens (including phenoxy) is 1. The molecule has 4 amide bonds. The molecule has 2 aliphatic heterocycles. The van der Waals surface area contributed by atoms with Gasteiger partial charge in [-0.1, -0.05) is 13.8 Å². The van der Waals surface area contributed by atoms with Crippen LogP contribution in [-0.4, -0.2) is 76.6 Å². The van der Waals surface area contributed by atoms with Gasteiger partial charge in [0.1, 0.15) is 23.5 Å². The fourth-order valence-electron chi connectivity index (χ4n) is 7.11. The Morgan fingerprint density at radius 3 is 2.21 bits per heavy atom. The minimum absolute atomic E-state index is 0.0470. The van der Waals surface area contributed by atoms with Crippen molar-refractivity contribution in [2.75, 3.05) is 6.54 Å². The van der Waals surface area contributed by atoms with Gasteiger partial charge >= 0.3 is 6.18 Å². The van der Waals surface area contributed by atoms with Crippen molar-refractivity contribution in [2.45, 2.75) is 123 Å². The maximum Gasteiger partial charge on any atom is 0.403 e. The molecule has 2 aliphatic carbocycles. The summed E-state index contributed by atoms with van der Waals surface area (Å²) in [5.41, 5.74) is -4.03. The van der Waals surface area contributed by atoms with Crippen molar-refractivity contribution in [2.24, 2.45) is 28.6 Å². The summed E-state index contributed by atoms with van der Waals surface area (Å²) in [5.74, 6) is -3.52. The average molecular weight is 612 g/mol. The van der Waals surface area contributed by atoms with Gasteiger partial charge in [0.15, 0.2) is 0 Å². The SMILES string of the molecule is C[C@@H](OC(C)(C)C)[C@H](NC(=O)C1(C(F)(F)F)CC1)C(=O)N1C[C@H]2[C@@H]([C@H]1C(=O)N[C@H](C#N)C[C@@H]1CC(C)(C)NC1=O)C2(C)C. The highest BCUT2D eigenvalue weighted by Crippen LogP contribution is 2.65. The summed E-state index contributed by atoms with van der Waals surface area (Å²) in [4.78, 5) is 54.6. The van der Waals surface area contributed by atoms with Gasteiger partial charge in [-0.3, -0.25) is 19.2 Å². The highest BCUT2D eigenvalue weighted by Gasteiger charge is 2.71. The summed E-state index contributed by atoms with van der Waals surface area (Å²) in [6.45, 7) is 14.6. The summed E-state index contributed by atoms with van der Waals surface area (Å²) < 4.78 is 47.2. The standard InChI is InChI=1S/C30H44F3N5O5/c1-15(43-26(2,3)4)20(36-25(42)29(9-10-29)30(31,32)33)24(41)38-14-18-19(28(18,7)8)21(38)23(40)35-17(13-34)11-16-12-27(5,6)37-22(16)39/h15-21H,9-12,14H2,1-8H3,(H,35,40)(H,36,42)(H,37,39)/t15-,16-,17+,18+,19+,20+,21+/m1/s1. The maximum atomic E-state index is 14.1. The highest BCUT2D eigenvalue weighted by molar-refractivity contribution is 5.95. The van der Waals surface area contributed by atoms with Gasteiger partial charge in [-0.2, -0.15) is 18.4 Å². The monoisotopic (exact) mass is 611 g/mol. The summed E-state index contributed by atoms with van der Waals surface area (Å²) in [6.07, 6.45) is -5.90. The molecule has 7 atom stereocenters. The number of nitriles is 1. The van der Waals surface area contributed by atoms with Gasteiger partial charge in [-0.15, -0.1) is 0 Å². The van der Waals surface area contributed by atoms with E-state index in [1.165, 1.54) is 11.8 Å². The van der Waals surface area contributed by atoms with Gasteiger partial charge in [-0.25, -0.2) is 0 Å². The molecular formula is C30H44F3N5O5. The van der Waals surface area contributed by atoms with Gasteiger partial charge in [0.2, 0.25) is 23.6 Å². The number of fused-ring (bicyclic) bond motifs is 1. The number of carbonyl (C=O) groups is 4. The van der Waals surface area contributed by atoms with Crippen molar-refractivity contribution >= 4 is 23.6 Å². The second-order valence-corrected chi connectivity index (χ2v) is 15.1. The normalized spacial score (nSPS) is 30.3. The Kier molecular flexibility index (Phi) is 8.17. The zero-order valence-electron chi connectivity index (χ0n) is 26.1. The Bertz CT molecular complexity index is 1220. The van der Waals surface area contributed by atoms with Crippen LogP contribution in [0.2, 0.25) is 0 Å². The molecule has 3 N–H and O–H groups in total. The van der Waals surface area contributed by atoms with Crippen LogP contribution in [0.15, 0.2) is 0 Å².